The van der Waals surface area contributed by atoms with Gasteiger partial charge in [-0.3, -0.25) is 4.90 Å². The standard InChI is InChI=1S/C11H23NOS/c1-4-14-8-6-12-5-7-13-11(9-12)10(2)3/h10-11H,4-9H2,1-3H3/t11-/m0/s1. The Kier molecular flexibility index (Phi) is 5.90. The Morgan fingerprint density at radius 3 is 2.93 bits per heavy atom. The molecule has 0 aromatic heterocycles. The highest BCUT2D eigenvalue weighted by atomic mass is 32.2. The molecule has 1 rings (SSSR count). The first kappa shape index (κ1) is 12.3. The largest absolute Gasteiger partial charge is 0.375 e. The lowest BCUT2D eigenvalue weighted by Crippen LogP contribution is -2.45. The molecule has 1 heterocycles. The van der Waals surface area contributed by atoms with Gasteiger partial charge >= 0.3 is 0 Å². The summed E-state index contributed by atoms with van der Waals surface area (Å²) >= 11 is 2.03. The number of hydrogen-bond donors (Lipinski definition) is 0. The number of hydrogen-bond acceptors (Lipinski definition) is 3. The molecule has 3 heteroatoms. The van der Waals surface area contributed by atoms with Crippen molar-refractivity contribution in [1.29, 1.82) is 0 Å². The van der Waals surface area contributed by atoms with Crippen LogP contribution in [0.3, 0.4) is 0 Å². The Morgan fingerprint density at radius 1 is 1.50 bits per heavy atom. The number of thioether (sulfide) groups is 1. The number of morpholine rings is 1. The van der Waals surface area contributed by atoms with Crippen LogP contribution < -0.4 is 0 Å². The molecule has 84 valence electrons. The fourth-order valence-electron chi connectivity index (χ4n) is 1.68. The van der Waals surface area contributed by atoms with E-state index in [1.807, 2.05) is 11.8 Å². The highest BCUT2D eigenvalue weighted by molar-refractivity contribution is 7.99. The minimum atomic E-state index is 0.454. The second-order valence-electron chi connectivity index (χ2n) is 4.15. The van der Waals surface area contributed by atoms with Gasteiger partial charge in [-0.05, 0) is 11.7 Å². The summed E-state index contributed by atoms with van der Waals surface area (Å²) in [5.74, 6) is 3.15. The summed E-state index contributed by atoms with van der Waals surface area (Å²) in [5, 5.41) is 0. The predicted molar refractivity (Wildman–Crippen MR) is 64.0 cm³/mol. The van der Waals surface area contributed by atoms with Crippen LogP contribution in [0.4, 0.5) is 0 Å². The third-order valence-electron chi connectivity index (χ3n) is 2.68. The third-order valence-corrected chi connectivity index (χ3v) is 3.56. The molecule has 1 saturated heterocycles. The molecule has 0 aliphatic carbocycles. The molecule has 0 saturated carbocycles. The molecule has 1 fully saturated rings. The molecule has 0 bridgehead atoms. The van der Waals surface area contributed by atoms with Gasteiger partial charge in [0.1, 0.15) is 0 Å². The van der Waals surface area contributed by atoms with Gasteiger partial charge in [-0.25, -0.2) is 0 Å². The summed E-state index contributed by atoms with van der Waals surface area (Å²) < 4.78 is 5.73. The molecule has 0 aromatic rings. The van der Waals surface area contributed by atoms with E-state index >= 15 is 0 Å². The van der Waals surface area contributed by atoms with Gasteiger partial charge < -0.3 is 4.74 Å². The van der Waals surface area contributed by atoms with Crippen LogP contribution in [0, 0.1) is 5.92 Å². The quantitative estimate of drug-likeness (QED) is 0.654. The summed E-state index contributed by atoms with van der Waals surface area (Å²) in [7, 11) is 0. The van der Waals surface area contributed by atoms with E-state index in [0.717, 1.165) is 19.7 Å². The first-order valence-electron chi connectivity index (χ1n) is 5.65. The normalized spacial score (nSPS) is 24.4. The lowest BCUT2D eigenvalue weighted by Gasteiger charge is -2.34. The van der Waals surface area contributed by atoms with Crippen molar-refractivity contribution in [2.24, 2.45) is 5.92 Å². The van der Waals surface area contributed by atoms with Gasteiger partial charge in [-0.15, -0.1) is 0 Å². The van der Waals surface area contributed by atoms with Crippen molar-refractivity contribution in [3.63, 3.8) is 0 Å². The Balaban J connectivity index is 2.19. The van der Waals surface area contributed by atoms with E-state index in [1.165, 1.54) is 18.1 Å². The fourth-order valence-corrected chi connectivity index (χ4v) is 2.35. The van der Waals surface area contributed by atoms with E-state index in [1.54, 1.807) is 0 Å². The predicted octanol–water partition coefficient (Wildman–Crippen LogP) is 2.10. The number of ether oxygens (including phenoxy) is 1. The molecule has 0 spiro atoms. The molecule has 1 aliphatic rings. The second kappa shape index (κ2) is 6.70. The lowest BCUT2D eigenvalue weighted by atomic mass is 10.1. The van der Waals surface area contributed by atoms with Gasteiger partial charge in [0.05, 0.1) is 12.7 Å². The van der Waals surface area contributed by atoms with Crippen molar-refractivity contribution < 1.29 is 4.74 Å². The van der Waals surface area contributed by atoms with Crippen molar-refractivity contribution >= 4 is 11.8 Å². The van der Waals surface area contributed by atoms with Gasteiger partial charge in [-0.2, -0.15) is 11.8 Å². The van der Waals surface area contributed by atoms with Crippen LogP contribution in [0.2, 0.25) is 0 Å². The molecule has 0 radical (unpaired) electrons. The minimum absolute atomic E-state index is 0.454. The maximum atomic E-state index is 5.73. The molecule has 1 aliphatic heterocycles. The van der Waals surface area contributed by atoms with Gasteiger partial charge in [0, 0.05) is 25.4 Å². The molecule has 2 nitrogen and oxygen atoms in total. The van der Waals surface area contributed by atoms with E-state index < -0.39 is 0 Å². The highest BCUT2D eigenvalue weighted by Gasteiger charge is 2.22. The summed E-state index contributed by atoms with van der Waals surface area (Å²) in [5.41, 5.74) is 0. The van der Waals surface area contributed by atoms with Crippen LogP contribution in [0.5, 0.6) is 0 Å². The topological polar surface area (TPSA) is 12.5 Å². The maximum Gasteiger partial charge on any atom is 0.0725 e. The van der Waals surface area contributed by atoms with Crippen LogP contribution >= 0.6 is 11.8 Å². The molecule has 1 atom stereocenters. The smallest absolute Gasteiger partial charge is 0.0725 e. The summed E-state index contributed by atoms with van der Waals surface area (Å²) in [6.07, 6.45) is 0.454. The molecular weight excluding hydrogens is 194 g/mol. The van der Waals surface area contributed by atoms with E-state index in [2.05, 4.69) is 25.7 Å². The third kappa shape index (κ3) is 4.20. The average molecular weight is 217 g/mol. The summed E-state index contributed by atoms with van der Waals surface area (Å²) in [6, 6.07) is 0. The van der Waals surface area contributed by atoms with Crippen LogP contribution in [0.25, 0.3) is 0 Å². The monoisotopic (exact) mass is 217 g/mol. The fraction of sp³-hybridized carbons (Fsp3) is 1.00. The van der Waals surface area contributed by atoms with Crippen molar-refractivity contribution in [2.75, 3.05) is 37.7 Å². The van der Waals surface area contributed by atoms with Crippen LogP contribution in [0.1, 0.15) is 20.8 Å². The van der Waals surface area contributed by atoms with Crippen LogP contribution in [0.15, 0.2) is 0 Å². The minimum Gasteiger partial charge on any atom is -0.375 e. The molecule has 0 N–H and O–H groups in total. The van der Waals surface area contributed by atoms with E-state index in [4.69, 9.17) is 4.74 Å². The summed E-state index contributed by atoms with van der Waals surface area (Å²) in [6.45, 7) is 11.1. The van der Waals surface area contributed by atoms with Crippen LogP contribution in [-0.2, 0) is 4.74 Å². The summed E-state index contributed by atoms with van der Waals surface area (Å²) in [4.78, 5) is 2.54. The zero-order chi connectivity index (χ0) is 10.4. The molecule has 0 amide bonds. The van der Waals surface area contributed by atoms with Crippen molar-refractivity contribution in [2.45, 2.75) is 26.9 Å². The van der Waals surface area contributed by atoms with Gasteiger partial charge in [-0.1, -0.05) is 20.8 Å². The first-order valence-corrected chi connectivity index (χ1v) is 6.81. The van der Waals surface area contributed by atoms with Gasteiger partial charge in [0.25, 0.3) is 0 Å². The Bertz CT molecular complexity index is 152. The molecular formula is C11H23NOS. The number of nitrogens with zero attached hydrogens (tertiary/aromatic N) is 1. The Hall–Kier alpha value is 0.270. The second-order valence-corrected chi connectivity index (χ2v) is 5.54. The van der Waals surface area contributed by atoms with E-state index in [9.17, 15) is 0 Å². The maximum absolute atomic E-state index is 5.73. The van der Waals surface area contributed by atoms with E-state index in [0.29, 0.717) is 12.0 Å². The zero-order valence-electron chi connectivity index (χ0n) is 9.66. The SMILES string of the molecule is CCSCCN1CCO[C@H](C(C)C)C1. The average Bonchev–Trinajstić information content (AvgIpc) is 2.19. The highest BCUT2D eigenvalue weighted by Crippen LogP contribution is 2.13. The first-order chi connectivity index (χ1) is 6.74. The van der Waals surface area contributed by atoms with Crippen molar-refractivity contribution in [3.8, 4) is 0 Å². The molecule has 0 unspecified atom stereocenters. The number of rotatable bonds is 5. The van der Waals surface area contributed by atoms with Crippen molar-refractivity contribution in [3.05, 3.63) is 0 Å². The van der Waals surface area contributed by atoms with Gasteiger partial charge in [0.2, 0.25) is 0 Å². The van der Waals surface area contributed by atoms with E-state index in [-0.39, 0.29) is 0 Å². The Labute approximate surface area is 92.4 Å². The molecule has 0 aromatic carbocycles. The Morgan fingerprint density at radius 2 is 2.29 bits per heavy atom. The van der Waals surface area contributed by atoms with Gasteiger partial charge in [0.15, 0.2) is 0 Å². The van der Waals surface area contributed by atoms with Crippen LogP contribution in [-0.4, -0.2) is 48.8 Å². The lowest BCUT2D eigenvalue weighted by molar-refractivity contribution is -0.0484. The molecule has 14 heavy (non-hydrogen) atoms. The van der Waals surface area contributed by atoms with Crippen molar-refractivity contribution in [1.82, 2.24) is 4.90 Å². The zero-order valence-corrected chi connectivity index (χ0v) is 10.5.